The molecule has 20 heavy (non-hydrogen) atoms. The average Bonchev–Trinajstić information content (AvgIpc) is 2.68. The number of rotatable bonds is 3. The fourth-order valence-electron chi connectivity index (χ4n) is 2.15. The molecule has 0 aromatic heterocycles. The van der Waals surface area contributed by atoms with Crippen molar-refractivity contribution in [1.82, 2.24) is 9.62 Å². The van der Waals surface area contributed by atoms with E-state index in [-0.39, 0.29) is 18.7 Å². The van der Waals surface area contributed by atoms with Gasteiger partial charge in [-0.05, 0) is 12.1 Å². The number of benzene rings is 1. The fourth-order valence-corrected chi connectivity index (χ4v) is 2.93. The molecule has 2 atom stereocenters. The second kappa shape index (κ2) is 5.47. The third-order valence-electron chi connectivity index (χ3n) is 3.05. The van der Waals surface area contributed by atoms with Gasteiger partial charge in [0.05, 0.1) is 24.0 Å². The van der Waals surface area contributed by atoms with E-state index in [9.17, 15) is 22.7 Å². The summed E-state index contributed by atoms with van der Waals surface area (Å²) in [4.78, 5) is 13.4. The number of carbonyl (C=O) groups is 1. The summed E-state index contributed by atoms with van der Waals surface area (Å²) in [6.45, 7) is -0.0399. The number of sulfonamides is 1. The summed E-state index contributed by atoms with van der Waals surface area (Å²) >= 11 is 0. The van der Waals surface area contributed by atoms with E-state index in [1.807, 2.05) is 0 Å². The van der Waals surface area contributed by atoms with E-state index in [0.717, 1.165) is 6.26 Å². The van der Waals surface area contributed by atoms with Gasteiger partial charge in [0.1, 0.15) is 5.82 Å². The first-order valence-corrected chi connectivity index (χ1v) is 7.86. The van der Waals surface area contributed by atoms with Gasteiger partial charge < -0.3 is 10.0 Å². The lowest BCUT2D eigenvalue weighted by molar-refractivity contribution is 0.0760. The summed E-state index contributed by atoms with van der Waals surface area (Å²) in [5.74, 6) is -1.22. The van der Waals surface area contributed by atoms with Crippen LogP contribution in [0.5, 0.6) is 0 Å². The minimum Gasteiger partial charge on any atom is -0.390 e. The SMILES string of the molecule is CS(=O)(=O)N[C@@H]1CN(C(=O)c2ccccc2F)C[C@H]1O. The smallest absolute Gasteiger partial charge is 0.256 e. The molecule has 6 nitrogen and oxygen atoms in total. The van der Waals surface area contributed by atoms with Crippen LogP contribution in [0.3, 0.4) is 0 Å². The molecule has 0 aliphatic carbocycles. The molecule has 110 valence electrons. The Morgan fingerprint density at radius 2 is 2.05 bits per heavy atom. The predicted octanol–water partition coefficient (Wildman–Crippen LogP) is -0.440. The molecule has 0 unspecified atom stereocenters. The first-order chi connectivity index (χ1) is 9.28. The third-order valence-corrected chi connectivity index (χ3v) is 3.78. The lowest BCUT2D eigenvalue weighted by Gasteiger charge is -2.16. The first kappa shape index (κ1) is 14.9. The van der Waals surface area contributed by atoms with Crippen molar-refractivity contribution in [3.05, 3.63) is 35.6 Å². The molecule has 1 amide bonds. The van der Waals surface area contributed by atoms with Crippen molar-refractivity contribution in [2.45, 2.75) is 12.1 Å². The minimum atomic E-state index is -3.48. The second-order valence-corrected chi connectivity index (χ2v) is 6.53. The molecule has 0 saturated carbocycles. The van der Waals surface area contributed by atoms with Crippen LogP contribution in [0.2, 0.25) is 0 Å². The number of hydrogen-bond acceptors (Lipinski definition) is 4. The van der Waals surface area contributed by atoms with Gasteiger partial charge in [0.25, 0.3) is 5.91 Å². The Morgan fingerprint density at radius 1 is 1.40 bits per heavy atom. The maximum absolute atomic E-state index is 13.5. The third kappa shape index (κ3) is 3.33. The summed E-state index contributed by atoms with van der Waals surface area (Å²) in [5.41, 5.74) is -0.0975. The molecule has 2 rings (SSSR count). The number of likely N-dealkylation sites (tertiary alicyclic amines) is 1. The van der Waals surface area contributed by atoms with E-state index in [2.05, 4.69) is 4.72 Å². The summed E-state index contributed by atoms with van der Waals surface area (Å²) in [7, 11) is -3.48. The predicted molar refractivity (Wildman–Crippen MR) is 70.1 cm³/mol. The maximum atomic E-state index is 13.5. The van der Waals surface area contributed by atoms with E-state index in [1.54, 1.807) is 0 Å². The summed E-state index contributed by atoms with van der Waals surface area (Å²) in [5, 5.41) is 9.77. The van der Waals surface area contributed by atoms with Crippen LogP contribution in [-0.4, -0.2) is 55.8 Å². The number of hydrogen-bond donors (Lipinski definition) is 2. The number of nitrogens with zero attached hydrogens (tertiary/aromatic N) is 1. The van der Waals surface area contributed by atoms with E-state index < -0.39 is 33.9 Å². The second-order valence-electron chi connectivity index (χ2n) is 4.75. The van der Waals surface area contributed by atoms with Crippen LogP contribution in [0.1, 0.15) is 10.4 Å². The van der Waals surface area contributed by atoms with E-state index in [4.69, 9.17) is 0 Å². The maximum Gasteiger partial charge on any atom is 0.256 e. The molecule has 0 radical (unpaired) electrons. The van der Waals surface area contributed by atoms with E-state index in [0.29, 0.717) is 0 Å². The minimum absolute atomic E-state index is 0.00139. The molecule has 0 spiro atoms. The Balaban J connectivity index is 2.12. The fraction of sp³-hybridized carbons (Fsp3) is 0.417. The highest BCUT2D eigenvalue weighted by molar-refractivity contribution is 7.88. The van der Waals surface area contributed by atoms with Gasteiger partial charge in [0.2, 0.25) is 10.0 Å². The Bertz CT molecular complexity index is 620. The Kier molecular flexibility index (Phi) is 4.07. The number of β-amino-alcohol motifs (C(OH)–C–C–N with tert-alkyl or cyclic N) is 1. The van der Waals surface area contributed by atoms with Crippen LogP contribution in [0, 0.1) is 5.82 Å². The number of halogens is 1. The van der Waals surface area contributed by atoms with Crippen LogP contribution < -0.4 is 4.72 Å². The van der Waals surface area contributed by atoms with Crippen molar-refractivity contribution in [1.29, 1.82) is 0 Å². The Hall–Kier alpha value is -1.51. The highest BCUT2D eigenvalue weighted by atomic mass is 32.2. The molecule has 1 fully saturated rings. The van der Waals surface area contributed by atoms with Crippen LogP contribution in [0.25, 0.3) is 0 Å². The molecule has 1 heterocycles. The van der Waals surface area contributed by atoms with Gasteiger partial charge in [-0.2, -0.15) is 0 Å². The Labute approximate surface area is 116 Å². The van der Waals surface area contributed by atoms with Gasteiger partial charge in [0.15, 0.2) is 0 Å². The molecule has 8 heteroatoms. The largest absolute Gasteiger partial charge is 0.390 e. The molecule has 2 N–H and O–H groups in total. The molecule has 1 aromatic carbocycles. The number of carbonyl (C=O) groups excluding carboxylic acids is 1. The molecule has 1 aliphatic heterocycles. The normalized spacial score (nSPS) is 23.1. The van der Waals surface area contributed by atoms with Gasteiger partial charge >= 0.3 is 0 Å². The number of amides is 1. The molecular weight excluding hydrogens is 287 g/mol. The highest BCUT2D eigenvalue weighted by Crippen LogP contribution is 2.16. The monoisotopic (exact) mass is 302 g/mol. The topological polar surface area (TPSA) is 86.7 Å². The van der Waals surface area contributed by atoms with Crippen LogP contribution in [-0.2, 0) is 10.0 Å². The van der Waals surface area contributed by atoms with E-state index >= 15 is 0 Å². The lowest BCUT2D eigenvalue weighted by atomic mass is 10.2. The summed E-state index contributed by atoms with van der Waals surface area (Å²) < 4.78 is 38.1. The molecule has 1 saturated heterocycles. The zero-order valence-electron chi connectivity index (χ0n) is 10.8. The van der Waals surface area contributed by atoms with Crippen molar-refractivity contribution in [3.63, 3.8) is 0 Å². The van der Waals surface area contributed by atoms with E-state index in [1.165, 1.54) is 29.2 Å². The first-order valence-electron chi connectivity index (χ1n) is 5.97. The van der Waals surface area contributed by atoms with Gasteiger partial charge in [-0.15, -0.1) is 0 Å². The number of nitrogens with one attached hydrogen (secondary N) is 1. The van der Waals surface area contributed by atoms with Gasteiger partial charge in [-0.25, -0.2) is 17.5 Å². The zero-order chi connectivity index (χ0) is 14.9. The standard InChI is InChI=1S/C12H15FN2O4S/c1-20(18,19)14-10-6-15(7-11(10)16)12(17)8-4-2-3-5-9(8)13/h2-5,10-11,14,16H,6-7H2,1H3/t10-,11-/m1/s1. The number of aliphatic hydroxyl groups is 1. The summed E-state index contributed by atoms with van der Waals surface area (Å²) in [6, 6.07) is 4.75. The van der Waals surface area contributed by atoms with Crippen LogP contribution in [0.15, 0.2) is 24.3 Å². The van der Waals surface area contributed by atoms with Crippen LogP contribution in [0.4, 0.5) is 4.39 Å². The van der Waals surface area contributed by atoms with Crippen molar-refractivity contribution in [2.75, 3.05) is 19.3 Å². The average molecular weight is 302 g/mol. The van der Waals surface area contributed by atoms with Gasteiger partial charge in [0, 0.05) is 13.1 Å². The van der Waals surface area contributed by atoms with Crippen LogP contribution >= 0.6 is 0 Å². The van der Waals surface area contributed by atoms with Gasteiger partial charge in [-0.3, -0.25) is 4.79 Å². The molecule has 0 bridgehead atoms. The molecule has 1 aliphatic rings. The number of aliphatic hydroxyl groups excluding tert-OH is 1. The quantitative estimate of drug-likeness (QED) is 0.792. The van der Waals surface area contributed by atoms with Crippen molar-refractivity contribution < 1.29 is 22.7 Å². The zero-order valence-corrected chi connectivity index (χ0v) is 11.6. The lowest BCUT2D eigenvalue weighted by Crippen LogP contribution is -2.42. The van der Waals surface area contributed by atoms with Crippen molar-refractivity contribution in [3.8, 4) is 0 Å². The Morgan fingerprint density at radius 3 is 2.65 bits per heavy atom. The van der Waals surface area contributed by atoms with Crippen molar-refractivity contribution >= 4 is 15.9 Å². The summed E-state index contributed by atoms with van der Waals surface area (Å²) in [6.07, 6.45) is -0.0402. The molecule has 1 aromatic rings. The molecular formula is C12H15FN2O4S. The van der Waals surface area contributed by atoms with Gasteiger partial charge in [-0.1, -0.05) is 12.1 Å². The highest BCUT2D eigenvalue weighted by Gasteiger charge is 2.36. The van der Waals surface area contributed by atoms with Crippen molar-refractivity contribution in [2.24, 2.45) is 0 Å².